The minimum absolute atomic E-state index is 0.0760. The number of anilines is 1. The summed E-state index contributed by atoms with van der Waals surface area (Å²) < 4.78 is 33.8. The largest absolute Gasteiger partial charge is 0.487 e. The molecule has 3 aliphatic rings. The van der Waals surface area contributed by atoms with Crippen LogP contribution in [0.4, 0.5) is 14.5 Å². The average molecular weight is 500 g/mol. The summed E-state index contributed by atoms with van der Waals surface area (Å²) >= 11 is 0. The molecule has 9 heteroatoms. The van der Waals surface area contributed by atoms with E-state index in [1.165, 1.54) is 19.1 Å². The van der Waals surface area contributed by atoms with Gasteiger partial charge in [0.2, 0.25) is 11.8 Å². The van der Waals surface area contributed by atoms with Gasteiger partial charge in [-0.25, -0.2) is 8.78 Å². The van der Waals surface area contributed by atoms with Crippen LogP contribution in [0.1, 0.15) is 56.2 Å². The number of aliphatic hydroxyl groups is 1. The zero-order chi connectivity index (χ0) is 25.4. The topological polar surface area (TPSA) is 90.9 Å². The van der Waals surface area contributed by atoms with Crippen molar-refractivity contribution in [2.24, 2.45) is 0 Å². The van der Waals surface area contributed by atoms with Crippen LogP contribution in [0.2, 0.25) is 0 Å². The van der Waals surface area contributed by atoms with Gasteiger partial charge in [-0.1, -0.05) is 0 Å². The van der Waals surface area contributed by atoms with Crippen LogP contribution >= 0.6 is 0 Å². The molecule has 0 aromatic heterocycles. The Labute approximate surface area is 208 Å². The Morgan fingerprint density at radius 3 is 2.56 bits per heavy atom. The molecule has 2 aliphatic heterocycles. The van der Waals surface area contributed by atoms with Crippen molar-refractivity contribution in [3.63, 3.8) is 0 Å². The van der Waals surface area contributed by atoms with Gasteiger partial charge in [0.25, 0.3) is 0 Å². The van der Waals surface area contributed by atoms with Crippen LogP contribution in [0.3, 0.4) is 0 Å². The van der Waals surface area contributed by atoms with Gasteiger partial charge >= 0.3 is 0 Å². The van der Waals surface area contributed by atoms with Gasteiger partial charge in [0.15, 0.2) is 0 Å². The molecule has 1 saturated heterocycles. The van der Waals surface area contributed by atoms with Gasteiger partial charge in [0.05, 0.1) is 12.1 Å². The number of nitrogens with one attached hydrogen (secondary N) is 2. The van der Waals surface area contributed by atoms with Crippen LogP contribution in [-0.4, -0.2) is 47.8 Å². The van der Waals surface area contributed by atoms with Crippen molar-refractivity contribution in [3.8, 4) is 5.75 Å². The van der Waals surface area contributed by atoms with E-state index in [2.05, 4.69) is 10.6 Å². The van der Waals surface area contributed by atoms with E-state index in [0.29, 0.717) is 18.5 Å². The Morgan fingerprint density at radius 1 is 1.22 bits per heavy atom. The molecule has 0 bridgehead atoms. The Kier molecular flexibility index (Phi) is 6.70. The minimum Gasteiger partial charge on any atom is -0.487 e. The fourth-order valence-corrected chi connectivity index (χ4v) is 5.41. The van der Waals surface area contributed by atoms with Crippen LogP contribution in [0.5, 0.6) is 5.75 Å². The van der Waals surface area contributed by atoms with Gasteiger partial charge in [-0.05, 0) is 61.6 Å². The minimum atomic E-state index is -1.01. The van der Waals surface area contributed by atoms with Gasteiger partial charge in [-0.2, -0.15) is 0 Å². The summed E-state index contributed by atoms with van der Waals surface area (Å²) in [5.74, 6) is -0.891. The first kappa shape index (κ1) is 24.6. The molecule has 1 saturated carbocycles. The summed E-state index contributed by atoms with van der Waals surface area (Å²) in [5, 5.41) is 17.2. The molecule has 2 aromatic rings. The number of carbonyl (C=O) groups is 2. The molecule has 192 valence electrons. The molecule has 0 unspecified atom stereocenters. The summed E-state index contributed by atoms with van der Waals surface area (Å²) in [6.45, 7) is 2.18. The fraction of sp³-hybridized carbons (Fsp3) is 0.481. The highest BCUT2D eigenvalue weighted by atomic mass is 19.1. The van der Waals surface area contributed by atoms with E-state index >= 15 is 0 Å². The highest BCUT2D eigenvalue weighted by Crippen LogP contribution is 2.49. The second-order valence-corrected chi connectivity index (χ2v) is 10.2. The lowest BCUT2D eigenvalue weighted by molar-refractivity contribution is -0.122. The van der Waals surface area contributed by atoms with Crippen LogP contribution in [0.15, 0.2) is 36.4 Å². The Bertz CT molecular complexity index is 1150. The van der Waals surface area contributed by atoms with E-state index in [-0.39, 0.29) is 36.4 Å². The number of β-lactam (4-membered cyclic amide) rings is 1. The third-order valence-electron chi connectivity index (χ3n) is 7.50. The highest BCUT2D eigenvalue weighted by molar-refractivity contribution is 5.99. The number of hydrogen-bond donors (Lipinski definition) is 3. The van der Waals surface area contributed by atoms with Gasteiger partial charge in [-0.3, -0.25) is 9.59 Å². The number of hydrogen-bond acceptors (Lipinski definition) is 5. The molecule has 1 spiro atoms. The smallest absolute Gasteiger partial charge is 0.228 e. The molecule has 2 aromatic carbocycles. The molecule has 36 heavy (non-hydrogen) atoms. The Hall–Kier alpha value is -3.04. The number of aliphatic hydroxyl groups excluding tert-OH is 1. The van der Waals surface area contributed by atoms with Crippen molar-refractivity contribution >= 4 is 17.5 Å². The zero-order valence-corrected chi connectivity index (χ0v) is 20.2. The SMILES string of the molecule is CC(=O)N[C@@H](Cc1cc(F)cc(F)c1)[C@@H](O)CN[C@H]1CC2(CCC2)Oc2ccc(N3CCC3=O)cc21. The maximum atomic E-state index is 13.7. The second-order valence-electron chi connectivity index (χ2n) is 10.2. The van der Waals surface area contributed by atoms with Crippen molar-refractivity contribution in [3.05, 3.63) is 59.2 Å². The molecule has 3 atom stereocenters. The van der Waals surface area contributed by atoms with Gasteiger partial charge in [0, 0.05) is 56.2 Å². The van der Waals surface area contributed by atoms with Crippen LogP contribution < -0.4 is 20.3 Å². The first-order valence-corrected chi connectivity index (χ1v) is 12.5. The van der Waals surface area contributed by atoms with Gasteiger partial charge in [0.1, 0.15) is 23.0 Å². The number of nitrogens with zero attached hydrogens (tertiary/aromatic N) is 1. The third-order valence-corrected chi connectivity index (χ3v) is 7.50. The molecule has 3 N–H and O–H groups in total. The number of amides is 2. The normalized spacial score (nSPS) is 21.6. The summed E-state index contributed by atoms with van der Waals surface area (Å²) in [6, 6.07) is 8.13. The lowest BCUT2D eigenvalue weighted by atomic mass is 9.73. The number of ether oxygens (including phenoxy) is 1. The van der Waals surface area contributed by atoms with Gasteiger partial charge in [-0.15, -0.1) is 0 Å². The van der Waals surface area contributed by atoms with E-state index in [0.717, 1.165) is 48.8 Å². The molecule has 7 nitrogen and oxygen atoms in total. The van der Waals surface area contributed by atoms with E-state index in [4.69, 9.17) is 4.74 Å². The summed E-state index contributed by atoms with van der Waals surface area (Å²) in [6.07, 6.45) is 3.35. The molecular formula is C27H31F2N3O4. The van der Waals surface area contributed by atoms with Crippen molar-refractivity contribution in [1.82, 2.24) is 10.6 Å². The first-order valence-electron chi connectivity index (χ1n) is 12.5. The summed E-state index contributed by atoms with van der Waals surface area (Å²) in [5.41, 5.74) is 1.87. The second kappa shape index (κ2) is 9.78. The Morgan fingerprint density at radius 2 is 1.97 bits per heavy atom. The zero-order valence-electron chi connectivity index (χ0n) is 20.2. The number of benzene rings is 2. The van der Waals surface area contributed by atoms with Crippen molar-refractivity contribution in [2.75, 3.05) is 18.0 Å². The number of carbonyl (C=O) groups excluding carboxylic acids is 2. The van der Waals surface area contributed by atoms with Crippen molar-refractivity contribution in [2.45, 2.75) is 69.2 Å². The first-order chi connectivity index (χ1) is 17.2. The number of halogens is 2. The monoisotopic (exact) mass is 499 g/mol. The summed E-state index contributed by atoms with van der Waals surface area (Å²) in [4.78, 5) is 25.5. The van der Waals surface area contributed by atoms with Crippen LogP contribution in [0.25, 0.3) is 0 Å². The van der Waals surface area contributed by atoms with Crippen molar-refractivity contribution < 1.29 is 28.2 Å². The predicted molar refractivity (Wildman–Crippen MR) is 130 cm³/mol. The lowest BCUT2D eigenvalue weighted by Crippen LogP contribution is -2.52. The van der Waals surface area contributed by atoms with Crippen LogP contribution in [0, 0.1) is 11.6 Å². The van der Waals surface area contributed by atoms with E-state index in [1.807, 2.05) is 18.2 Å². The molecule has 2 heterocycles. The molecule has 2 amide bonds. The molecule has 5 rings (SSSR count). The van der Waals surface area contributed by atoms with Gasteiger partial charge < -0.3 is 25.4 Å². The average Bonchev–Trinajstić information content (AvgIpc) is 2.79. The molecular weight excluding hydrogens is 468 g/mol. The highest BCUT2D eigenvalue weighted by Gasteiger charge is 2.46. The van der Waals surface area contributed by atoms with Crippen LogP contribution in [-0.2, 0) is 16.0 Å². The lowest BCUT2D eigenvalue weighted by Gasteiger charge is -2.48. The maximum absolute atomic E-state index is 13.7. The third kappa shape index (κ3) is 5.08. The Balaban J connectivity index is 1.33. The number of fused-ring (bicyclic) bond motifs is 1. The molecule has 1 aliphatic carbocycles. The van der Waals surface area contributed by atoms with Crippen molar-refractivity contribution in [1.29, 1.82) is 0 Å². The fourth-order valence-electron chi connectivity index (χ4n) is 5.41. The van der Waals surface area contributed by atoms with E-state index in [1.54, 1.807) is 4.90 Å². The molecule has 0 radical (unpaired) electrons. The standard InChI is InChI=1S/C27H31F2N3O4/c1-16(33)31-22(11-17-9-18(28)12-19(29)10-17)24(34)15-30-23-14-27(6-2-7-27)36-25-4-3-20(13-21(23)25)32-8-5-26(32)35/h3-4,9-10,12-13,22-24,30,34H,2,5-8,11,14-15H2,1H3,(H,31,33)/t22-,23-,24-/m0/s1. The predicted octanol–water partition coefficient (Wildman–Crippen LogP) is 3.15. The summed E-state index contributed by atoms with van der Waals surface area (Å²) in [7, 11) is 0. The van der Waals surface area contributed by atoms with E-state index in [9.17, 15) is 23.5 Å². The number of rotatable bonds is 8. The quantitative estimate of drug-likeness (QED) is 0.486. The maximum Gasteiger partial charge on any atom is 0.228 e. The van der Waals surface area contributed by atoms with E-state index < -0.39 is 23.8 Å². The molecule has 2 fully saturated rings.